The van der Waals surface area contributed by atoms with Gasteiger partial charge in [-0.25, -0.2) is 4.98 Å². The van der Waals surface area contributed by atoms with E-state index in [4.69, 9.17) is 4.42 Å². The molecule has 4 aliphatic carbocycles. The van der Waals surface area contributed by atoms with Crippen molar-refractivity contribution in [1.29, 1.82) is 0 Å². The number of aliphatic hydroxyl groups is 1. The summed E-state index contributed by atoms with van der Waals surface area (Å²) in [4.78, 5) is 17.8. The van der Waals surface area contributed by atoms with Crippen LogP contribution in [0.4, 0.5) is 0 Å². The van der Waals surface area contributed by atoms with E-state index in [0.29, 0.717) is 24.0 Å². The highest BCUT2D eigenvalue weighted by atomic mass is 16.4. The van der Waals surface area contributed by atoms with Crippen LogP contribution in [0.1, 0.15) is 89.0 Å². The van der Waals surface area contributed by atoms with E-state index in [9.17, 15) is 9.90 Å². The third-order valence-electron chi connectivity index (χ3n) is 10.0. The molecule has 0 unspecified atom stereocenters. The van der Waals surface area contributed by atoms with Gasteiger partial charge < -0.3 is 9.52 Å². The summed E-state index contributed by atoms with van der Waals surface area (Å²) in [5, 5.41) is 10.6. The predicted octanol–water partition coefficient (Wildman–Crippen LogP) is 5.42. The molecule has 1 aromatic rings. The van der Waals surface area contributed by atoms with Gasteiger partial charge in [-0.3, -0.25) is 4.79 Å². The van der Waals surface area contributed by atoms with Crippen LogP contribution >= 0.6 is 0 Å². The van der Waals surface area contributed by atoms with E-state index in [2.05, 4.69) is 11.9 Å². The van der Waals surface area contributed by atoms with Crippen molar-refractivity contribution in [3.8, 4) is 0 Å². The van der Waals surface area contributed by atoms with Gasteiger partial charge in [0.25, 0.3) is 0 Å². The van der Waals surface area contributed by atoms with Crippen LogP contribution in [0, 0.1) is 54.8 Å². The number of aromatic nitrogens is 1. The van der Waals surface area contributed by atoms with Crippen molar-refractivity contribution in [3.05, 3.63) is 17.3 Å². The molecule has 0 spiro atoms. The maximum Gasteiger partial charge on any atom is 0.202 e. The van der Waals surface area contributed by atoms with Crippen molar-refractivity contribution in [1.82, 2.24) is 4.98 Å². The van der Waals surface area contributed by atoms with Gasteiger partial charge in [0.1, 0.15) is 11.5 Å². The summed E-state index contributed by atoms with van der Waals surface area (Å²) in [6, 6.07) is 0. The average Bonchev–Trinajstić information content (AvgIpc) is 3.19. The number of carbonyl (C=O) groups excluding carboxylic acids is 1. The molecule has 4 saturated carbocycles. The molecule has 0 saturated heterocycles. The van der Waals surface area contributed by atoms with E-state index in [1.807, 2.05) is 20.8 Å². The first-order valence-corrected chi connectivity index (χ1v) is 12.4. The maximum atomic E-state index is 13.3. The van der Waals surface area contributed by atoms with Gasteiger partial charge in [-0.2, -0.15) is 0 Å². The topological polar surface area (TPSA) is 63.3 Å². The smallest absolute Gasteiger partial charge is 0.202 e. The molecule has 1 aromatic heterocycles. The second-order valence-corrected chi connectivity index (χ2v) is 11.7. The van der Waals surface area contributed by atoms with E-state index < -0.39 is 5.60 Å². The van der Waals surface area contributed by atoms with Crippen LogP contribution < -0.4 is 0 Å². The Morgan fingerprint density at radius 2 is 1.80 bits per heavy atom. The minimum Gasteiger partial charge on any atom is -0.445 e. The van der Waals surface area contributed by atoms with Crippen LogP contribution in [0.2, 0.25) is 0 Å². The van der Waals surface area contributed by atoms with Crippen LogP contribution in [0.5, 0.6) is 0 Å². The molecule has 4 heteroatoms. The molecule has 4 aliphatic rings. The summed E-state index contributed by atoms with van der Waals surface area (Å²) < 4.78 is 5.72. The zero-order valence-electron chi connectivity index (χ0n) is 19.2. The standard InChI is InChI=1S/C26H39NO3/c1-15-16(2)30-24(27-15)13-23(28)22-8-7-21-20-6-5-17-14-25(3,29)11-9-18(17)19(20)10-12-26(21,22)4/h17-22,29H,5-14H2,1-4H3/t17-,18-,19+,20+,21-,22+,25+,26-/m0/s1. The first-order valence-electron chi connectivity index (χ1n) is 12.4. The number of nitrogens with zero attached hydrogens (tertiary/aromatic N) is 1. The highest BCUT2D eigenvalue weighted by Gasteiger charge is 2.58. The number of oxazole rings is 1. The van der Waals surface area contributed by atoms with Gasteiger partial charge in [0.2, 0.25) is 5.89 Å². The summed E-state index contributed by atoms with van der Waals surface area (Å²) in [5.41, 5.74) is 0.609. The number of fused-ring (bicyclic) bond motifs is 5. The van der Waals surface area contributed by atoms with Crippen LogP contribution in [0.15, 0.2) is 4.42 Å². The summed E-state index contributed by atoms with van der Waals surface area (Å²) in [7, 11) is 0. The number of aryl methyl sites for hydroxylation is 2. The van der Waals surface area contributed by atoms with Crippen molar-refractivity contribution in [2.24, 2.45) is 40.9 Å². The Morgan fingerprint density at radius 3 is 2.53 bits per heavy atom. The monoisotopic (exact) mass is 413 g/mol. The zero-order chi connectivity index (χ0) is 21.3. The fourth-order valence-corrected chi connectivity index (χ4v) is 8.50. The van der Waals surface area contributed by atoms with E-state index >= 15 is 0 Å². The molecule has 4 fully saturated rings. The van der Waals surface area contributed by atoms with E-state index in [0.717, 1.165) is 54.4 Å². The largest absolute Gasteiger partial charge is 0.445 e. The first-order chi connectivity index (χ1) is 14.2. The highest BCUT2D eigenvalue weighted by Crippen LogP contribution is 2.64. The fourth-order valence-electron chi connectivity index (χ4n) is 8.50. The fraction of sp³-hybridized carbons (Fsp3) is 0.846. The Kier molecular flexibility index (Phi) is 4.96. The predicted molar refractivity (Wildman–Crippen MR) is 116 cm³/mol. The number of rotatable bonds is 3. The number of carbonyl (C=O) groups is 1. The van der Waals surface area contributed by atoms with Gasteiger partial charge in [0.15, 0.2) is 0 Å². The van der Waals surface area contributed by atoms with Crippen molar-refractivity contribution < 1.29 is 14.3 Å². The van der Waals surface area contributed by atoms with Crippen molar-refractivity contribution in [2.75, 3.05) is 0 Å². The van der Waals surface area contributed by atoms with Gasteiger partial charge in [0.05, 0.1) is 17.7 Å². The molecule has 0 aliphatic heterocycles. The van der Waals surface area contributed by atoms with Gasteiger partial charge >= 0.3 is 0 Å². The Morgan fingerprint density at radius 1 is 1.03 bits per heavy atom. The maximum absolute atomic E-state index is 13.3. The van der Waals surface area contributed by atoms with Gasteiger partial charge in [-0.05, 0) is 114 Å². The molecule has 0 amide bonds. The second-order valence-electron chi connectivity index (χ2n) is 11.7. The minimum atomic E-state index is -0.446. The van der Waals surface area contributed by atoms with Gasteiger partial charge in [0, 0.05) is 5.92 Å². The summed E-state index contributed by atoms with van der Waals surface area (Å²) in [5.74, 6) is 5.78. The van der Waals surface area contributed by atoms with Crippen molar-refractivity contribution in [3.63, 3.8) is 0 Å². The molecule has 1 N–H and O–H groups in total. The van der Waals surface area contributed by atoms with Crippen molar-refractivity contribution >= 4 is 5.78 Å². The van der Waals surface area contributed by atoms with Crippen LogP contribution in [-0.4, -0.2) is 21.5 Å². The molecular weight excluding hydrogens is 374 g/mol. The van der Waals surface area contributed by atoms with Gasteiger partial charge in [-0.1, -0.05) is 6.92 Å². The van der Waals surface area contributed by atoms with Crippen molar-refractivity contribution in [2.45, 2.75) is 97.5 Å². The second kappa shape index (κ2) is 7.18. The zero-order valence-corrected chi connectivity index (χ0v) is 19.2. The number of ketones is 1. The Bertz CT molecular complexity index is 807. The summed E-state index contributed by atoms with van der Waals surface area (Å²) in [6.45, 7) is 8.33. The van der Waals surface area contributed by atoms with Crippen LogP contribution in [0.3, 0.4) is 0 Å². The third-order valence-corrected chi connectivity index (χ3v) is 10.0. The quantitative estimate of drug-likeness (QED) is 0.718. The molecule has 30 heavy (non-hydrogen) atoms. The number of hydrogen-bond acceptors (Lipinski definition) is 4. The minimum absolute atomic E-state index is 0.155. The van der Waals surface area contributed by atoms with Crippen LogP contribution in [0.25, 0.3) is 0 Å². The SMILES string of the molecule is Cc1nc(CC(=O)[C@H]2CC[C@H]3[C@@H]4CC[C@H]5C[C@](C)(O)CC[C@@H]5[C@H]4CC[C@]23C)oc1C. The lowest BCUT2D eigenvalue weighted by molar-refractivity contribution is -0.132. The molecular formula is C26H39NO3. The van der Waals surface area contributed by atoms with E-state index in [1.165, 1.54) is 38.5 Å². The Hall–Kier alpha value is -1.16. The first kappa shape index (κ1) is 20.7. The molecule has 0 bridgehead atoms. The molecule has 8 atom stereocenters. The molecule has 5 rings (SSSR count). The highest BCUT2D eigenvalue weighted by molar-refractivity contribution is 5.83. The third kappa shape index (κ3) is 3.29. The Balaban J connectivity index is 1.31. The average molecular weight is 414 g/mol. The number of hydrogen-bond donors (Lipinski definition) is 1. The molecule has 0 radical (unpaired) electrons. The molecule has 166 valence electrons. The lowest BCUT2D eigenvalue weighted by Gasteiger charge is -2.56. The van der Waals surface area contributed by atoms with E-state index in [-0.39, 0.29) is 11.3 Å². The van der Waals surface area contributed by atoms with E-state index in [1.54, 1.807) is 0 Å². The summed E-state index contributed by atoms with van der Waals surface area (Å²) >= 11 is 0. The number of Topliss-reactive ketones (excluding diaryl/α,β-unsaturated/α-hetero) is 1. The van der Waals surface area contributed by atoms with Crippen LogP contribution in [-0.2, 0) is 11.2 Å². The Labute approximate surface area is 181 Å². The lowest BCUT2D eigenvalue weighted by atomic mass is 9.49. The van der Waals surface area contributed by atoms with Gasteiger partial charge in [-0.15, -0.1) is 0 Å². The molecule has 1 heterocycles. The summed E-state index contributed by atoms with van der Waals surface area (Å²) in [6.07, 6.45) is 10.8. The normalized spacial score (nSPS) is 45.5. The molecule has 0 aromatic carbocycles. The lowest BCUT2D eigenvalue weighted by Crippen LogP contribution is -2.51. The molecule has 4 nitrogen and oxygen atoms in total.